The Morgan fingerprint density at radius 2 is 2.14 bits per heavy atom. The van der Waals surface area contributed by atoms with Gasteiger partial charge in [0.2, 0.25) is 0 Å². The van der Waals surface area contributed by atoms with Gasteiger partial charge in [-0.2, -0.15) is 11.3 Å². The van der Waals surface area contributed by atoms with Crippen LogP contribution in [0.5, 0.6) is 0 Å². The molecule has 0 amide bonds. The van der Waals surface area contributed by atoms with Crippen molar-refractivity contribution in [1.82, 2.24) is 0 Å². The third kappa shape index (κ3) is 3.62. The van der Waals surface area contributed by atoms with Crippen LogP contribution in [0.25, 0.3) is 0 Å². The summed E-state index contributed by atoms with van der Waals surface area (Å²) in [6.07, 6.45) is 3.61. The molecule has 1 nitrogen and oxygen atoms in total. The summed E-state index contributed by atoms with van der Waals surface area (Å²) in [5.74, 6) is 0.971. The van der Waals surface area contributed by atoms with Crippen molar-refractivity contribution < 1.29 is 4.79 Å². The van der Waals surface area contributed by atoms with Crippen LogP contribution in [-0.2, 0) is 11.2 Å². The van der Waals surface area contributed by atoms with Crippen LogP contribution in [0, 0.1) is 5.92 Å². The summed E-state index contributed by atoms with van der Waals surface area (Å²) in [6.45, 7) is 4.32. The standard InChI is InChI=1S/C12H18OS/c1-3-10(4-2)7-12(13)8-11-5-6-14-9-11/h5-6,9-10H,3-4,7-8H2,1-2H3. The van der Waals surface area contributed by atoms with Gasteiger partial charge in [-0.25, -0.2) is 0 Å². The van der Waals surface area contributed by atoms with Crippen LogP contribution in [0.1, 0.15) is 38.7 Å². The van der Waals surface area contributed by atoms with Crippen LogP contribution >= 0.6 is 11.3 Å². The molecule has 0 N–H and O–H groups in total. The van der Waals surface area contributed by atoms with Crippen molar-refractivity contribution in [2.24, 2.45) is 5.92 Å². The Balaban J connectivity index is 2.35. The van der Waals surface area contributed by atoms with Crippen molar-refractivity contribution >= 4 is 17.1 Å². The molecule has 0 aliphatic heterocycles. The van der Waals surface area contributed by atoms with Crippen molar-refractivity contribution in [3.63, 3.8) is 0 Å². The lowest BCUT2D eigenvalue weighted by atomic mass is 9.95. The Morgan fingerprint density at radius 3 is 2.64 bits per heavy atom. The Bertz CT molecular complexity index is 260. The Hall–Kier alpha value is -0.630. The van der Waals surface area contributed by atoms with Gasteiger partial charge < -0.3 is 0 Å². The lowest BCUT2D eigenvalue weighted by Gasteiger charge is -2.10. The highest BCUT2D eigenvalue weighted by molar-refractivity contribution is 7.07. The molecule has 0 unspecified atom stereocenters. The number of Topliss-reactive ketones (excluding diaryl/α,β-unsaturated/α-hetero) is 1. The fourth-order valence-corrected chi connectivity index (χ4v) is 2.26. The molecule has 0 radical (unpaired) electrons. The van der Waals surface area contributed by atoms with E-state index in [2.05, 4.69) is 19.2 Å². The number of carbonyl (C=O) groups is 1. The van der Waals surface area contributed by atoms with Gasteiger partial charge in [0, 0.05) is 12.8 Å². The first-order chi connectivity index (χ1) is 6.76. The van der Waals surface area contributed by atoms with Gasteiger partial charge in [0.25, 0.3) is 0 Å². The van der Waals surface area contributed by atoms with E-state index in [1.807, 2.05) is 11.4 Å². The van der Waals surface area contributed by atoms with Crippen LogP contribution < -0.4 is 0 Å². The zero-order chi connectivity index (χ0) is 10.4. The molecule has 0 aliphatic carbocycles. The minimum atomic E-state index is 0.386. The zero-order valence-corrected chi connectivity index (χ0v) is 9.77. The molecule has 0 aliphatic rings. The van der Waals surface area contributed by atoms with Gasteiger partial charge in [-0.15, -0.1) is 0 Å². The number of hydrogen-bond donors (Lipinski definition) is 0. The number of thiophene rings is 1. The quantitative estimate of drug-likeness (QED) is 0.700. The summed E-state index contributed by atoms with van der Waals surface area (Å²) < 4.78 is 0. The number of carbonyl (C=O) groups excluding carboxylic acids is 1. The van der Waals surface area contributed by atoms with E-state index in [9.17, 15) is 4.79 Å². The lowest BCUT2D eigenvalue weighted by molar-refractivity contribution is -0.119. The smallest absolute Gasteiger partial charge is 0.137 e. The minimum absolute atomic E-state index is 0.386. The topological polar surface area (TPSA) is 17.1 Å². The van der Waals surface area contributed by atoms with Crippen LogP contribution in [0.15, 0.2) is 16.8 Å². The van der Waals surface area contributed by atoms with E-state index in [4.69, 9.17) is 0 Å². The third-order valence-electron chi connectivity index (χ3n) is 2.65. The molecular weight excluding hydrogens is 192 g/mol. The Morgan fingerprint density at radius 1 is 1.43 bits per heavy atom. The summed E-state index contributed by atoms with van der Waals surface area (Å²) in [5.41, 5.74) is 1.17. The normalized spacial score (nSPS) is 10.8. The maximum absolute atomic E-state index is 11.6. The maximum atomic E-state index is 11.6. The van der Waals surface area contributed by atoms with E-state index in [0.29, 0.717) is 18.1 Å². The molecule has 0 atom stereocenters. The fraction of sp³-hybridized carbons (Fsp3) is 0.583. The molecule has 14 heavy (non-hydrogen) atoms. The molecule has 0 spiro atoms. The fourth-order valence-electron chi connectivity index (χ4n) is 1.59. The first-order valence-corrected chi connectivity index (χ1v) is 6.23. The Kier molecular flexibility index (Phi) is 4.88. The van der Waals surface area contributed by atoms with Gasteiger partial charge in [0.1, 0.15) is 5.78 Å². The zero-order valence-electron chi connectivity index (χ0n) is 8.95. The molecule has 0 aromatic carbocycles. The van der Waals surface area contributed by atoms with Crippen molar-refractivity contribution in [3.05, 3.63) is 22.4 Å². The molecule has 1 aromatic heterocycles. The van der Waals surface area contributed by atoms with E-state index in [1.54, 1.807) is 11.3 Å². The number of hydrogen-bond acceptors (Lipinski definition) is 2. The molecular formula is C12H18OS. The molecule has 2 heteroatoms. The molecule has 0 saturated carbocycles. The molecule has 1 heterocycles. The summed E-state index contributed by atoms with van der Waals surface area (Å²) in [4.78, 5) is 11.6. The molecule has 78 valence electrons. The SMILES string of the molecule is CCC(CC)CC(=O)Cc1ccsc1. The summed E-state index contributed by atoms with van der Waals surface area (Å²) in [7, 11) is 0. The number of rotatable bonds is 6. The number of ketones is 1. The highest BCUT2D eigenvalue weighted by Gasteiger charge is 2.10. The van der Waals surface area contributed by atoms with Gasteiger partial charge in [-0.05, 0) is 28.3 Å². The van der Waals surface area contributed by atoms with Gasteiger partial charge in [-0.3, -0.25) is 4.79 Å². The highest BCUT2D eigenvalue weighted by Crippen LogP contribution is 2.15. The van der Waals surface area contributed by atoms with Crippen molar-refractivity contribution in [2.75, 3.05) is 0 Å². The second kappa shape index (κ2) is 5.97. The second-order valence-electron chi connectivity index (χ2n) is 3.73. The summed E-state index contributed by atoms with van der Waals surface area (Å²) >= 11 is 1.66. The minimum Gasteiger partial charge on any atom is -0.299 e. The van der Waals surface area contributed by atoms with E-state index >= 15 is 0 Å². The van der Waals surface area contributed by atoms with Crippen molar-refractivity contribution in [3.8, 4) is 0 Å². The summed E-state index contributed by atoms with van der Waals surface area (Å²) in [6, 6.07) is 2.04. The molecule has 0 saturated heterocycles. The van der Waals surface area contributed by atoms with Gasteiger partial charge in [0.15, 0.2) is 0 Å². The van der Waals surface area contributed by atoms with Gasteiger partial charge in [-0.1, -0.05) is 26.7 Å². The first-order valence-electron chi connectivity index (χ1n) is 5.29. The average molecular weight is 210 g/mol. The predicted molar refractivity (Wildman–Crippen MR) is 61.7 cm³/mol. The van der Waals surface area contributed by atoms with E-state index in [0.717, 1.165) is 19.3 Å². The Labute approximate surface area is 90.2 Å². The first kappa shape index (κ1) is 11.4. The van der Waals surface area contributed by atoms with Crippen LogP contribution in [0.3, 0.4) is 0 Å². The molecule has 0 bridgehead atoms. The van der Waals surface area contributed by atoms with E-state index in [-0.39, 0.29) is 0 Å². The lowest BCUT2D eigenvalue weighted by Crippen LogP contribution is -2.09. The highest BCUT2D eigenvalue weighted by atomic mass is 32.1. The van der Waals surface area contributed by atoms with Crippen LogP contribution in [-0.4, -0.2) is 5.78 Å². The van der Waals surface area contributed by atoms with Crippen LogP contribution in [0.4, 0.5) is 0 Å². The average Bonchev–Trinajstić information content (AvgIpc) is 2.66. The third-order valence-corrected chi connectivity index (χ3v) is 3.38. The monoisotopic (exact) mass is 210 g/mol. The van der Waals surface area contributed by atoms with E-state index in [1.165, 1.54) is 5.56 Å². The molecule has 1 rings (SSSR count). The largest absolute Gasteiger partial charge is 0.299 e. The predicted octanol–water partition coefficient (Wildman–Crippen LogP) is 3.69. The van der Waals surface area contributed by atoms with Crippen molar-refractivity contribution in [2.45, 2.75) is 39.5 Å². The second-order valence-corrected chi connectivity index (χ2v) is 4.51. The molecule has 1 aromatic rings. The van der Waals surface area contributed by atoms with Crippen LogP contribution in [0.2, 0.25) is 0 Å². The maximum Gasteiger partial charge on any atom is 0.137 e. The van der Waals surface area contributed by atoms with Gasteiger partial charge >= 0.3 is 0 Å². The van der Waals surface area contributed by atoms with E-state index < -0.39 is 0 Å². The van der Waals surface area contributed by atoms with Gasteiger partial charge in [0.05, 0.1) is 0 Å². The summed E-state index contributed by atoms with van der Waals surface area (Å²) in [5, 5.41) is 4.09. The molecule has 0 fully saturated rings. The van der Waals surface area contributed by atoms with Crippen molar-refractivity contribution in [1.29, 1.82) is 0 Å².